The zero-order valence-corrected chi connectivity index (χ0v) is 24.4. The molecule has 0 spiro atoms. The third-order valence-corrected chi connectivity index (χ3v) is 7.54. The molecular formula is C29H43N3O5S. The molecule has 0 heterocycles. The Morgan fingerprint density at radius 2 is 1.71 bits per heavy atom. The minimum atomic E-state index is -3.53. The SMILES string of the molecule is CCc1ccc(N(CCCC(=O)N(Cc2cccc(OC)c2)[C@@H](CC)C(=O)NCC(C)C)S(C)(=O)=O)cc1. The molecule has 0 aliphatic carbocycles. The van der Waals surface area contributed by atoms with Crippen molar-refractivity contribution in [3.8, 4) is 5.75 Å². The molecule has 8 nitrogen and oxygen atoms in total. The maximum atomic E-state index is 13.5. The largest absolute Gasteiger partial charge is 0.497 e. The number of anilines is 1. The molecule has 0 radical (unpaired) electrons. The molecule has 0 fully saturated rings. The van der Waals surface area contributed by atoms with Crippen LogP contribution in [0.1, 0.15) is 58.1 Å². The molecule has 210 valence electrons. The molecule has 1 atom stereocenters. The number of carbonyl (C=O) groups excluding carboxylic acids is 2. The van der Waals surface area contributed by atoms with Crippen LogP contribution in [-0.2, 0) is 32.6 Å². The van der Waals surface area contributed by atoms with E-state index in [-0.39, 0.29) is 37.2 Å². The summed E-state index contributed by atoms with van der Waals surface area (Å²) >= 11 is 0. The number of carbonyl (C=O) groups is 2. The predicted molar refractivity (Wildman–Crippen MR) is 153 cm³/mol. The van der Waals surface area contributed by atoms with Gasteiger partial charge in [0.05, 0.1) is 19.1 Å². The van der Waals surface area contributed by atoms with Gasteiger partial charge in [-0.05, 0) is 60.6 Å². The monoisotopic (exact) mass is 545 g/mol. The van der Waals surface area contributed by atoms with Crippen LogP contribution >= 0.6 is 0 Å². The zero-order chi connectivity index (χ0) is 28.3. The Hall–Kier alpha value is -3.07. The molecule has 2 rings (SSSR count). The van der Waals surface area contributed by atoms with Crippen molar-refractivity contribution < 1.29 is 22.7 Å². The quantitative estimate of drug-likeness (QED) is 0.358. The van der Waals surface area contributed by atoms with Crippen LogP contribution in [0.25, 0.3) is 0 Å². The van der Waals surface area contributed by atoms with Gasteiger partial charge in [-0.1, -0.05) is 52.0 Å². The average molecular weight is 546 g/mol. The van der Waals surface area contributed by atoms with E-state index in [9.17, 15) is 18.0 Å². The van der Waals surface area contributed by atoms with Crippen molar-refractivity contribution in [1.29, 1.82) is 0 Å². The van der Waals surface area contributed by atoms with Crippen molar-refractivity contribution >= 4 is 27.5 Å². The molecule has 0 aromatic heterocycles. The molecule has 0 aliphatic heterocycles. The Bertz CT molecular complexity index is 1150. The fraction of sp³-hybridized carbons (Fsp3) is 0.517. The number of nitrogens with one attached hydrogen (secondary N) is 1. The van der Waals surface area contributed by atoms with Crippen molar-refractivity contribution in [3.63, 3.8) is 0 Å². The van der Waals surface area contributed by atoms with Crippen molar-refractivity contribution in [1.82, 2.24) is 10.2 Å². The van der Waals surface area contributed by atoms with Crippen molar-refractivity contribution in [2.24, 2.45) is 5.92 Å². The summed E-state index contributed by atoms with van der Waals surface area (Å²) in [5.74, 6) is 0.567. The number of amides is 2. The van der Waals surface area contributed by atoms with Gasteiger partial charge in [0.2, 0.25) is 21.8 Å². The van der Waals surface area contributed by atoms with Gasteiger partial charge < -0.3 is 15.0 Å². The van der Waals surface area contributed by atoms with Gasteiger partial charge in [-0.3, -0.25) is 13.9 Å². The van der Waals surface area contributed by atoms with Crippen LogP contribution in [0.5, 0.6) is 5.75 Å². The van der Waals surface area contributed by atoms with Gasteiger partial charge in [-0.15, -0.1) is 0 Å². The van der Waals surface area contributed by atoms with Gasteiger partial charge in [0.15, 0.2) is 0 Å². The summed E-state index contributed by atoms with van der Waals surface area (Å²) in [6.45, 7) is 8.90. The summed E-state index contributed by atoms with van der Waals surface area (Å²) in [5, 5.41) is 2.96. The molecule has 0 unspecified atom stereocenters. The zero-order valence-electron chi connectivity index (χ0n) is 23.6. The summed E-state index contributed by atoms with van der Waals surface area (Å²) in [7, 11) is -1.95. The average Bonchev–Trinajstić information content (AvgIpc) is 2.89. The van der Waals surface area contributed by atoms with E-state index in [1.807, 2.05) is 64.1 Å². The second-order valence-corrected chi connectivity index (χ2v) is 11.8. The fourth-order valence-corrected chi connectivity index (χ4v) is 5.18. The van der Waals surface area contributed by atoms with E-state index in [0.717, 1.165) is 17.5 Å². The van der Waals surface area contributed by atoms with Crippen LogP contribution in [-0.4, -0.2) is 57.6 Å². The van der Waals surface area contributed by atoms with Crippen LogP contribution in [0, 0.1) is 5.92 Å². The Kier molecular flexibility index (Phi) is 12.1. The standard InChI is InChI=1S/C29H43N3O5S/c1-7-23-14-16-25(17-15-23)32(38(6,35)36)18-10-13-28(33)31(21-24-11-9-12-26(19-24)37-5)27(8-2)29(34)30-20-22(3)4/h9,11-12,14-17,19,22,27H,7-8,10,13,18,20-21H2,1-6H3,(H,30,34)/t27-/m0/s1. The van der Waals surface area contributed by atoms with Gasteiger partial charge in [0.25, 0.3) is 0 Å². The second-order valence-electron chi connectivity index (χ2n) is 9.89. The van der Waals surface area contributed by atoms with E-state index in [0.29, 0.717) is 30.8 Å². The van der Waals surface area contributed by atoms with Gasteiger partial charge in [0.1, 0.15) is 11.8 Å². The Morgan fingerprint density at radius 3 is 2.26 bits per heavy atom. The van der Waals surface area contributed by atoms with Gasteiger partial charge >= 0.3 is 0 Å². The number of nitrogens with zero attached hydrogens (tertiary/aromatic N) is 2. The number of methoxy groups -OCH3 is 1. The Labute approximate surface area is 228 Å². The number of ether oxygens (including phenoxy) is 1. The molecule has 38 heavy (non-hydrogen) atoms. The number of rotatable bonds is 15. The summed E-state index contributed by atoms with van der Waals surface area (Å²) in [4.78, 5) is 28.2. The van der Waals surface area contributed by atoms with E-state index >= 15 is 0 Å². The Morgan fingerprint density at radius 1 is 1.03 bits per heavy atom. The molecule has 1 N–H and O–H groups in total. The fourth-order valence-electron chi connectivity index (χ4n) is 4.21. The van der Waals surface area contributed by atoms with E-state index in [1.165, 1.54) is 10.6 Å². The number of benzene rings is 2. The highest BCUT2D eigenvalue weighted by molar-refractivity contribution is 7.92. The first kappa shape index (κ1) is 31.1. The molecule has 2 amide bonds. The molecule has 0 saturated heterocycles. The van der Waals surface area contributed by atoms with Crippen LogP contribution in [0.3, 0.4) is 0 Å². The van der Waals surface area contributed by atoms with Crippen LogP contribution < -0.4 is 14.4 Å². The molecule has 0 aliphatic rings. The first-order valence-electron chi connectivity index (χ1n) is 13.3. The maximum Gasteiger partial charge on any atom is 0.242 e. The number of sulfonamides is 1. The summed E-state index contributed by atoms with van der Waals surface area (Å²) < 4.78 is 31.7. The van der Waals surface area contributed by atoms with Crippen LogP contribution in [0.2, 0.25) is 0 Å². The predicted octanol–water partition coefficient (Wildman–Crippen LogP) is 4.38. The normalized spacial score (nSPS) is 12.2. The minimum Gasteiger partial charge on any atom is -0.497 e. The first-order chi connectivity index (χ1) is 18.0. The van der Waals surface area contributed by atoms with E-state index in [4.69, 9.17) is 4.74 Å². The topological polar surface area (TPSA) is 96.0 Å². The summed E-state index contributed by atoms with van der Waals surface area (Å²) in [5.41, 5.74) is 2.54. The lowest BCUT2D eigenvalue weighted by Crippen LogP contribution is -2.49. The molecule has 0 bridgehead atoms. The molecule has 2 aromatic rings. The lowest BCUT2D eigenvalue weighted by molar-refractivity contribution is -0.141. The van der Waals surface area contributed by atoms with E-state index < -0.39 is 16.1 Å². The Balaban J connectivity index is 2.22. The maximum absolute atomic E-state index is 13.5. The highest BCUT2D eigenvalue weighted by atomic mass is 32.2. The number of hydrogen-bond acceptors (Lipinski definition) is 5. The molecule has 0 saturated carbocycles. The minimum absolute atomic E-state index is 0.108. The molecule has 9 heteroatoms. The van der Waals surface area contributed by atoms with Crippen molar-refractivity contribution in [2.75, 3.05) is 30.8 Å². The highest BCUT2D eigenvalue weighted by Gasteiger charge is 2.29. The van der Waals surface area contributed by atoms with Crippen LogP contribution in [0.15, 0.2) is 48.5 Å². The first-order valence-corrected chi connectivity index (χ1v) is 15.1. The molecular weight excluding hydrogens is 502 g/mol. The third-order valence-electron chi connectivity index (χ3n) is 6.34. The lowest BCUT2D eigenvalue weighted by Gasteiger charge is -2.31. The highest BCUT2D eigenvalue weighted by Crippen LogP contribution is 2.21. The summed E-state index contributed by atoms with van der Waals surface area (Å²) in [6, 6.07) is 14.2. The second kappa shape index (κ2) is 14.8. The van der Waals surface area contributed by atoms with Crippen molar-refractivity contribution in [2.45, 2.75) is 66.0 Å². The number of aryl methyl sites for hydroxylation is 1. The smallest absolute Gasteiger partial charge is 0.242 e. The van der Waals surface area contributed by atoms with E-state index in [1.54, 1.807) is 24.1 Å². The molecule has 2 aromatic carbocycles. The van der Waals surface area contributed by atoms with E-state index in [2.05, 4.69) is 5.32 Å². The van der Waals surface area contributed by atoms with Gasteiger partial charge in [-0.25, -0.2) is 8.42 Å². The summed E-state index contributed by atoms with van der Waals surface area (Å²) in [6.07, 6.45) is 2.92. The van der Waals surface area contributed by atoms with Gasteiger partial charge in [0, 0.05) is 26.1 Å². The lowest BCUT2D eigenvalue weighted by atomic mass is 10.1. The van der Waals surface area contributed by atoms with Crippen LogP contribution in [0.4, 0.5) is 5.69 Å². The number of hydrogen-bond donors (Lipinski definition) is 1. The van der Waals surface area contributed by atoms with Crippen molar-refractivity contribution in [3.05, 3.63) is 59.7 Å². The third kappa shape index (κ3) is 9.35. The van der Waals surface area contributed by atoms with Gasteiger partial charge in [-0.2, -0.15) is 0 Å².